The Bertz CT molecular complexity index is 493. The molecule has 3 rings (SSSR count). The largest absolute Gasteiger partial charge is 0.261 e. The van der Waals surface area contributed by atoms with Crippen LogP contribution in [0.4, 0.5) is 0 Å². The molecule has 0 aliphatic heterocycles. The van der Waals surface area contributed by atoms with Crippen LogP contribution >= 0.6 is 27.3 Å². The highest BCUT2D eigenvalue weighted by molar-refractivity contribution is 9.08. The Morgan fingerprint density at radius 1 is 1.38 bits per heavy atom. The summed E-state index contributed by atoms with van der Waals surface area (Å²) in [6.07, 6.45) is 7.73. The number of aromatic nitrogens is 3. The molecule has 16 heavy (non-hydrogen) atoms. The van der Waals surface area contributed by atoms with Gasteiger partial charge < -0.3 is 0 Å². The van der Waals surface area contributed by atoms with Crippen molar-refractivity contribution >= 4 is 27.3 Å². The third kappa shape index (κ3) is 1.89. The van der Waals surface area contributed by atoms with Crippen molar-refractivity contribution < 1.29 is 0 Å². The quantitative estimate of drug-likeness (QED) is 0.815. The first-order valence-corrected chi connectivity index (χ1v) is 7.14. The number of halogens is 1. The van der Waals surface area contributed by atoms with Crippen LogP contribution < -0.4 is 0 Å². The fourth-order valence-corrected chi connectivity index (χ4v) is 3.24. The zero-order valence-electron chi connectivity index (χ0n) is 8.56. The summed E-state index contributed by atoms with van der Waals surface area (Å²) in [6, 6.07) is 0. The molecule has 82 valence electrons. The van der Waals surface area contributed by atoms with Gasteiger partial charge in [0.1, 0.15) is 10.7 Å². The first-order valence-electron chi connectivity index (χ1n) is 5.20. The van der Waals surface area contributed by atoms with Crippen molar-refractivity contribution in [2.45, 2.75) is 24.1 Å². The molecule has 2 aromatic rings. The van der Waals surface area contributed by atoms with E-state index in [1.165, 1.54) is 23.4 Å². The maximum atomic E-state index is 4.70. The molecule has 0 unspecified atom stereocenters. The van der Waals surface area contributed by atoms with Crippen molar-refractivity contribution in [2.75, 3.05) is 0 Å². The number of alkyl halides is 1. The molecule has 1 fully saturated rings. The summed E-state index contributed by atoms with van der Waals surface area (Å²) >= 11 is 5.25. The highest BCUT2D eigenvalue weighted by Gasteiger charge is 2.29. The zero-order valence-corrected chi connectivity index (χ0v) is 11.0. The lowest BCUT2D eigenvalue weighted by molar-refractivity contribution is 1.03. The minimum atomic E-state index is 0.689. The molecule has 1 aliphatic carbocycles. The smallest absolute Gasteiger partial charge is 0.144 e. The summed E-state index contributed by atoms with van der Waals surface area (Å²) in [5, 5.41) is 1.88. The molecule has 1 saturated carbocycles. The average Bonchev–Trinajstić information content (AvgIpc) is 3.10. The van der Waals surface area contributed by atoms with E-state index < -0.39 is 0 Å². The van der Waals surface area contributed by atoms with E-state index in [1.807, 2.05) is 0 Å². The van der Waals surface area contributed by atoms with Crippen molar-refractivity contribution in [3.05, 3.63) is 29.2 Å². The van der Waals surface area contributed by atoms with Gasteiger partial charge in [0.2, 0.25) is 0 Å². The van der Waals surface area contributed by atoms with Gasteiger partial charge in [0.25, 0.3) is 0 Å². The predicted octanol–water partition coefficient (Wildman–Crippen LogP) is 3.37. The Balaban J connectivity index is 2.02. The van der Waals surface area contributed by atoms with Gasteiger partial charge >= 0.3 is 0 Å². The molecule has 0 atom stereocenters. The molecule has 0 aromatic carbocycles. The number of rotatable bonds is 3. The van der Waals surface area contributed by atoms with E-state index in [-0.39, 0.29) is 0 Å². The van der Waals surface area contributed by atoms with Gasteiger partial charge in [0, 0.05) is 28.5 Å². The van der Waals surface area contributed by atoms with Crippen LogP contribution in [0.3, 0.4) is 0 Å². The number of nitrogens with zero attached hydrogens (tertiary/aromatic N) is 3. The summed E-state index contributed by atoms with van der Waals surface area (Å²) < 4.78 is 0. The SMILES string of the molecule is BrCc1sc(-c2cnccn2)nc1C1CC1. The Morgan fingerprint density at radius 3 is 2.88 bits per heavy atom. The van der Waals surface area contributed by atoms with E-state index in [0.717, 1.165) is 16.0 Å². The van der Waals surface area contributed by atoms with Crippen molar-refractivity contribution in [1.82, 2.24) is 15.0 Å². The maximum Gasteiger partial charge on any atom is 0.144 e. The Hall–Kier alpha value is -0.810. The zero-order chi connectivity index (χ0) is 11.0. The van der Waals surface area contributed by atoms with Gasteiger partial charge in [-0.3, -0.25) is 9.97 Å². The molecule has 0 saturated heterocycles. The Morgan fingerprint density at radius 2 is 2.25 bits per heavy atom. The number of thiazole rings is 1. The molecule has 2 heterocycles. The van der Waals surface area contributed by atoms with Crippen molar-refractivity contribution in [1.29, 1.82) is 0 Å². The van der Waals surface area contributed by atoms with E-state index in [9.17, 15) is 0 Å². The summed E-state index contributed by atoms with van der Waals surface area (Å²) in [5.41, 5.74) is 2.14. The first kappa shape index (κ1) is 10.4. The molecule has 0 amide bonds. The van der Waals surface area contributed by atoms with E-state index in [0.29, 0.717) is 5.92 Å². The third-order valence-corrected chi connectivity index (χ3v) is 4.62. The fourth-order valence-electron chi connectivity index (χ4n) is 1.65. The van der Waals surface area contributed by atoms with Crippen LogP contribution in [-0.4, -0.2) is 15.0 Å². The van der Waals surface area contributed by atoms with Gasteiger partial charge in [-0.25, -0.2) is 4.98 Å². The van der Waals surface area contributed by atoms with Crippen molar-refractivity contribution in [3.63, 3.8) is 0 Å². The van der Waals surface area contributed by atoms with E-state index >= 15 is 0 Å². The van der Waals surface area contributed by atoms with Gasteiger partial charge in [0.15, 0.2) is 0 Å². The van der Waals surface area contributed by atoms with Crippen molar-refractivity contribution in [2.24, 2.45) is 0 Å². The monoisotopic (exact) mass is 295 g/mol. The van der Waals surface area contributed by atoms with E-state index in [1.54, 1.807) is 29.9 Å². The molecule has 0 spiro atoms. The summed E-state index contributed by atoms with van der Waals surface area (Å²) in [4.78, 5) is 14.4. The Kier molecular flexibility index (Phi) is 2.73. The lowest BCUT2D eigenvalue weighted by Gasteiger charge is -1.92. The first-order chi connectivity index (χ1) is 7.88. The highest BCUT2D eigenvalue weighted by Crippen LogP contribution is 2.44. The second-order valence-corrected chi connectivity index (χ2v) is 5.47. The normalized spacial score (nSPS) is 15.3. The molecular formula is C11H10BrN3S. The lowest BCUT2D eigenvalue weighted by atomic mass is 10.3. The summed E-state index contributed by atoms with van der Waals surface area (Å²) in [6.45, 7) is 0. The minimum absolute atomic E-state index is 0.689. The van der Waals surface area contributed by atoms with Crippen LogP contribution in [0.15, 0.2) is 18.6 Å². The van der Waals surface area contributed by atoms with Crippen LogP contribution in [0, 0.1) is 0 Å². The molecule has 5 heteroatoms. The molecule has 3 nitrogen and oxygen atoms in total. The second-order valence-electron chi connectivity index (χ2n) is 3.83. The predicted molar refractivity (Wildman–Crippen MR) is 67.7 cm³/mol. The van der Waals surface area contributed by atoms with Gasteiger partial charge in [-0.2, -0.15) is 0 Å². The van der Waals surface area contributed by atoms with Crippen LogP contribution in [0.5, 0.6) is 0 Å². The van der Waals surface area contributed by atoms with Crippen LogP contribution in [-0.2, 0) is 5.33 Å². The molecule has 0 bridgehead atoms. The minimum Gasteiger partial charge on any atom is -0.261 e. The highest BCUT2D eigenvalue weighted by atomic mass is 79.9. The van der Waals surface area contributed by atoms with Gasteiger partial charge in [-0.1, -0.05) is 15.9 Å². The third-order valence-electron chi connectivity index (χ3n) is 2.60. The molecule has 0 radical (unpaired) electrons. The molecular weight excluding hydrogens is 286 g/mol. The van der Waals surface area contributed by atoms with Crippen LogP contribution in [0.25, 0.3) is 10.7 Å². The topological polar surface area (TPSA) is 38.7 Å². The molecule has 2 aromatic heterocycles. The summed E-state index contributed by atoms with van der Waals surface area (Å²) in [7, 11) is 0. The molecule has 0 N–H and O–H groups in total. The van der Waals surface area contributed by atoms with Crippen LogP contribution in [0.2, 0.25) is 0 Å². The number of hydrogen-bond acceptors (Lipinski definition) is 4. The van der Waals surface area contributed by atoms with Gasteiger partial charge in [0.05, 0.1) is 11.9 Å². The van der Waals surface area contributed by atoms with Gasteiger partial charge in [-0.05, 0) is 12.8 Å². The Labute approximate surface area is 106 Å². The second kappa shape index (κ2) is 4.22. The molecule has 1 aliphatic rings. The standard InChI is InChI=1S/C11H10BrN3S/c12-5-9-10(7-1-2-7)15-11(16-9)8-6-13-3-4-14-8/h3-4,6-7H,1-2,5H2. The summed E-state index contributed by atoms with van der Waals surface area (Å²) in [5.74, 6) is 0.689. The maximum absolute atomic E-state index is 4.70. The number of hydrogen-bond donors (Lipinski definition) is 0. The average molecular weight is 296 g/mol. The van der Waals surface area contributed by atoms with Gasteiger partial charge in [-0.15, -0.1) is 11.3 Å². The lowest BCUT2D eigenvalue weighted by Crippen LogP contribution is -1.86. The van der Waals surface area contributed by atoms with E-state index in [2.05, 4.69) is 25.9 Å². The van der Waals surface area contributed by atoms with E-state index in [4.69, 9.17) is 4.98 Å². The van der Waals surface area contributed by atoms with Crippen LogP contribution in [0.1, 0.15) is 29.3 Å². The van der Waals surface area contributed by atoms with Crippen molar-refractivity contribution in [3.8, 4) is 10.7 Å². The fraction of sp³-hybridized carbons (Fsp3) is 0.364.